The average molecular weight is 281 g/mol. The van der Waals surface area contributed by atoms with Crippen LogP contribution in [-0.2, 0) is 16.1 Å². The molecule has 104 valence electrons. The molecule has 1 aliphatic heterocycles. The van der Waals surface area contributed by atoms with E-state index in [4.69, 9.17) is 0 Å². The van der Waals surface area contributed by atoms with Crippen molar-refractivity contribution in [3.63, 3.8) is 0 Å². The van der Waals surface area contributed by atoms with Gasteiger partial charge in [-0.2, -0.15) is 0 Å². The van der Waals surface area contributed by atoms with Crippen molar-refractivity contribution in [2.75, 3.05) is 13.1 Å². The van der Waals surface area contributed by atoms with Gasteiger partial charge in [-0.25, -0.2) is 0 Å². The molecule has 2 rings (SSSR count). The lowest BCUT2D eigenvalue weighted by atomic mass is 10.1. The van der Waals surface area contributed by atoms with Crippen molar-refractivity contribution in [3.8, 4) is 0 Å². The Labute approximate surface area is 117 Å². The number of nitrogens with one attached hydrogen (secondary N) is 2. The molecular formula is C13H19N3O2S. The zero-order chi connectivity index (χ0) is 13.8. The van der Waals surface area contributed by atoms with Gasteiger partial charge in [-0.3, -0.25) is 14.9 Å². The van der Waals surface area contributed by atoms with E-state index in [-0.39, 0.29) is 30.4 Å². The van der Waals surface area contributed by atoms with E-state index in [0.717, 1.165) is 0 Å². The van der Waals surface area contributed by atoms with E-state index in [1.807, 2.05) is 36.3 Å². The normalized spacial score (nSPS) is 19.3. The minimum absolute atomic E-state index is 0.0448. The van der Waals surface area contributed by atoms with Crippen LogP contribution in [0.4, 0.5) is 0 Å². The van der Waals surface area contributed by atoms with Gasteiger partial charge in [0.25, 0.3) is 0 Å². The highest BCUT2D eigenvalue weighted by atomic mass is 32.1. The van der Waals surface area contributed by atoms with Crippen LogP contribution >= 0.6 is 11.3 Å². The lowest BCUT2D eigenvalue weighted by Crippen LogP contribution is -2.59. The fourth-order valence-electron chi connectivity index (χ4n) is 2.03. The van der Waals surface area contributed by atoms with Crippen LogP contribution in [0, 0.1) is 0 Å². The molecule has 0 aliphatic carbocycles. The first-order valence-corrected chi connectivity index (χ1v) is 7.29. The molecule has 6 heteroatoms. The van der Waals surface area contributed by atoms with Crippen molar-refractivity contribution in [3.05, 3.63) is 22.4 Å². The lowest BCUT2D eigenvalue weighted by Gasteiger charge is -2.32. The van der Waals surface area contributed by atoms with Crippen molar-refractivity contribution < 1.29 is 9.59 Å². The molecule has 1 aromatic heterocycles. The molecule has 1 fully saturated rings. The zero-order valence-electron chi connectivity index (χ0n) is 11.2. The molecule has 2 heterocycles. The fourth-order valence-corrected chi connectivity index (χ4v) is 2.73. The summed E-state index contributed by atoms with van der Waals surface area (Å²) in [5.41, 5.74) is 0. The van der Waals surface area contributed by atoms with Gasteiger partial charge in [0.1, 0.15) is 6.04 Å². The van der Waals surface area contributed by atoms with E-state index >= 15 is 0 Å². The summed E-state index contributed by atoms with van der Waals surface area (Å²) in [5, 5.41) is 7.71. The minimum Gasteiger partial charge on any atom is -0.353 e. The highest BCUT2D eigenvalue weighted by molar-refractivity contribution is 7.09. The Hall–Kier alpha value is -1.40. The number of rotatable bonds is 4. The summed E-state index contributed by atoms with van der Waals surface area (Å²) in [5.74, 6) is -0.0122. The predicted octanol–water partition coefficient (Wildman–Crippen LogP) is 0.573. The molecule has 1 saturated heterocycles. The van der Waals surface area contributed by atoms with E-state index in [1.165, 1.54) is 4.88 Å². The first kappa shape index (κ1) is 14.0. The summed E-state index contributed by atoms with van der Waals surface area (Å²) in [6, 6.07) is 3.83. The molecular weight excluding hydrogens is 262 g/mol. The van der Waals surface area contributed by atoms with Crippen LogP contribution in [0.5, 0.6) is 0 Å². The van der Waals surface area contributed by atoms with Crippen LogP contribution in [0.1, 0.15) is 18.7 Å². The number of carbonyl (C=O) groups excluding carboxylic acids is 2. The van der Waals surface area contributed by atoms with Crippen molar-refractivity contribution >= 4 is 23.2 Å². The Morgan fingerprint density at radius 1 is 1.58 bits per heavy atom. The van der Waals surface area contributed by atoms with Gasteiger partial charge < -0.3 is 10.2 Å². The number of hydrogen-bond acceptors (Lipinski definition) is 4. The first-order valence-electron chi connectivity index (χ1n) is 6.41. The van der Waals surface area contributed by atoms with E-state index in [1.54, 1.807) is 11.3 Å². The van der Waals surface area contributed by atoms with E-state index in [0.29, 0.717) is 13.1 Å². The maximum atomic E-state index is 12.5. The van der Waals surface area contributed by atoms with Crippen LogP contribution < -0.4 is 10.6 Å². The second kappa shape index (κ2) is 6.16. The Morgan fingerprint density at radius 3 is 2.89 bits per heavy atom. The summed E-state index contributed by atoms with van der Waals surface area (Å²) >= 11 is 1.65. The van der Waals surface area contributed by atoms with Crippen LogP contribution in [0.2, 0.25) is 0 Å². The van der Waals surface area contributed by atoms with Gasteiger partial charge in [0.05, 0.1) is 13.1 Å². The van der Waals surface area contributed by atoms with Gasteiger partial charge in [-0.15, -0.1) is 11.3 Å². The zero-order valence-corrected chi connectivity index (χ0v) is 12.0. The highest BCUT2D eigenvalue weighted by Gasteiger charge is 2.29. The van der Waals surface area contributed by atoms with Crippen LogP contribution in [0.25, 0.3) is 0 Å². The SMILES string of the molecule is CC(C)N(Cc1cccs1)C(=O)C1CNC(=O)CN1. The maximum Gasteiger partial charge on any atom is 0.242 e. The lowest BCUT2D eigenvalue weighted by molar-refractivity contribution is -0.137. The standard InChI is InChI=1S/C13H19N3O2S/c1-9(2)16(8-10-4-3-5-19-10)13(18)11-6-15-12(17)7-14-11/h3-5,9,11,14H,6-8H2,1-2H3,(H,15,17). The van der Waals surface area contributed by atoms with Crippen LogP contribution in [0.3, 0.4) is 0 Å². The second-order valence-electron chi connectivity index (χ2n) is 4.88. The second-order valence-corrected chi connectivity index (χ2v) is 5.91. The van der Waals surface area contributed by atoms with E-state index in [2.05, 4.69) is 10.6 Å². The number of amides is 2. The topological polar surface area (TPSA) is 61.4 Å². The van der Waals surface area contributed by atoms with Gasteiger partial charge >= 0.3 is 0 Å². The number of thiophene rings is 1. The third kappa shape index (κ3) is 3.54. The fraction of sp³-hybridized carbons (Fsp3) is 0.538. The van der Waals surface area contributed by atoms with Crippen molar-refractivity contribution in [2.24, 2.45) is 0 Å². The smallest absolute Gasteiger partial charge is 0.242 e. The summed E-state index contributed by atoms with van der Waals surface area (Å²) < 4.78 is 0. The predicted molar refractivity (Wildman–Crippen MR) is 74.8 cm³/mol. The Balaban J connectivity index is 2.02. The molecule has 0 saturated carbocycles. The van der Waals surface area contributed by atoms with Crippen LogP contribution in [-0.4, -0.2) is 41.9 Å². The number of piperazine rings is 1. The third-order valence-electron chi connectivity index (χ3n) is 3.12. The van der Waals surface area contributed by atoms with Gasteiger partial charge in [0.2, 0.25) is 11.8 Å². The largest absolute Gasteiger partial charge is 0.353 e. The van der Waals surface area contributed by atoms with Gasteiger partial charge in [-0.1, -0.05) is 6.07 Å². The molecule has 0 bridgehead atoms. The Bertz CT molecular complexity index is 435. The van der Waals surface area contributed by atoms with Crippen molar-refractivity contribution in [2.45, 2.75) is 32.5 Å². The molecule has 1 unspecified atom stereocenters. The molecule has 2 amide bonds. The summed E-state index contributed by atoms with van der Waals surface area (Å²) in [6.07, 6.45) is 0. The van der Waals surface area contributed by atoms with E-state index in [9.17, 15) is 9.59 Å². The van der Waals surface area contributed by atoms with Crippen molar-refractivity contribution in [1.29, 1.82) is 0 Å². The quantitative estimate of drug-likeness (QED) is 0.848. The van der Waals surface area contributed by atoms with Crippen LogP contribution in [0.15, 0.2) is 17.5 Å². The number of nitrogens with zero attached hydrogens (tertiary/aromatic N) is 1. The first-order chi connectivity index (χ1) is 9.08. The van der Waals surface area contributed by atoms with E-state index < -0.39 is 0 Å². The molecule has 0 radical (unpaired) electrons. The molecule has 2 N–H and O–H groups in total. The molecule has 0 aromatic carbocycles. The molecule has 19 heavy (non-hydrogen) atoms. The van der Waals surface area contributed by atoms with Gasteiger partial charge in [-0.05, 0) is 25.3 Å². The summed E-state index contributed by atoms with van der Waals surface area (Å²) in [6.45, 7) is 5.22. The van der Waals surface area contributed by atoms with Crippen molar-refractivity contribution in [1.82, 2.24) is 15.5 Å². The molecule has 5 nitrogen and oxygen atoms in total. The Kier molecular flexibility index (Phi) is 4.55. The third-order valence-corrected chi connectivity index (χ3v) is 3.98. The van der Waals surface area contributed by atoms with Gasteiger partial charge in [0.15, 0.2) is 0 Å². The average Bonchev–Trinajstić information content (AvgIpc) is 2.88. The minimum atomic E-state index is -0.319. The maximum absolute atomic E-state index is 12.5. The Morgan fingerprint density at radius 2 is 2.37 bits per heavy atom. The van der Waals surface area contributed by atoms with Gasteiger partial charge in [0, 0.05) is 17.5 Å². The summed E-state index contributed by atoms with van der Waals surface area (Å²) in [4.78, 5) is 26.6. The monoisotopic (exact) mass is 281 g/mol. The molecule has 1 aliphatic rings. The number of carbonyl (C=O) groups is 2. The number of hydrogen-bond donors (Lipinski definition) is 2. The summed E-state index contributed by atoms with van der Waals surface area (Å²) in [7, 11) is 0. The molecule has 1 aromatic rings. The highest BCUT2D eigenvalue weighted by Crippen LogP contribution is 2.15. The molecule has 0 spiro atoms. The molecule has 1 atom stereocenters.